The fourth-order valence-corrected chi connectivity index (χ4v) is 0.765. The van der Waals surface area contributed by atoms with Gasteiger partial charge in [-0.05, 0) is 17.7 Å². The number of aliphatic carboxylic acids is 1. The molecule has 0 amide bonds. The number of hydrazine groups is 1. The van der Waals surface area contributed by atoms with E-state index < -0.39 is 12.1 Å². The number of hydrogen-bond donors (Lipinski definition) is 3. The maximum Gasteiger partial charge on any atom is 0.490 e. The van der Waals surface area contributed by atoms with Crippen molar-refractivity contribution in [2.24, 2.45) is 5.84 Å². The Morgan fingerprint density at radius 1 is 1.41 bits per heavy atom. The largest absolute Gasteiger partial charge is 0.490 e. The van der Waals surface area contributed by atoms with E-state index >= 15 is 0 Å². The summed E-state index contributed by atoms with van der Waals surface area (Å²) in [5, 5.41) is 7.12. The van der Waals surface area contributed by atoms with Gasteiger partial charge in [0.2, 0.25) is 0 Å². The second-order valence-corrected chi connectivity index (χ2v) is 2.81. The van der Waals surface area contributed by atoms with Gasteiger partial charge in [-0.25, -0.2) is 9.18 Å². The lowest BCUT2D eigenvalue weighted by atomic mass is 10.2. The molecule has 0 spiro atoms. The minimum atomic E-state index is -5.08. The van der Waals surface area contributed by atoms with Gasteiger partial charge in [-0.15, -0.1) is 0 Å². The summed E-state index contributed by atoms with van der Waals surface area (Å²) in [5.41, 5.74) is 3.29. The Balaban J connectivity index is 0.000000325. The van der Waals surface area contributed by atoms with Gasteiger partial charge in [0, 0.05) is 6.54 Å². The zero-order valence-electron chi connectivity index (χ0n) is 8.46. The Hall–Kier alpha value is -1.67. The highest BCUT2D eigenvalue weighted by Crippen LogP contribution is 2.13. The molecule has 0 atom stereocenters. The molecule has 1 rings (SSSR count). The van der Waals surface area contributed by atoms with Crippen molar-refractivity contribution >= 4 is 5.97 Å². The molecular weight excluding hydrogens is 244 g/mol. The van der Waals surface area contributed by atoms with E-state index in [1.165, 1.54) is 12.1 Å². The van der Waals surface area contributed by atoms with Gasteiger partial charge in [-0.3, -0.25) is 11.3 Å². The Bertz CT molecular complexity index is 368. The van der Waals surface area contributed by atoms with Crippen molar-refractivity contribution in [3.63, 3.8) is 0 Å². The van der Waals surface area contributed by atoms with Gasteiger partial charge in [-0.2, -0.15) is 13.2 Å². The van der Waals surface area contributed by atoms with E-state index in [0.29, 0.717) is 6.54 Å². The topological polar surface area (TPSA) is 75.3 Å². The number of carbonyl (C=O) groups is 1. The predicted octanol–water partition coefficient (Wildman–Crippen LogP) is 1.42. The van der Waals surface area contributed by atoms with Crippen LogP contribution in [-0.2, 0) is 11.3 Å². The molecule has 8 heteroatoms. The molecule has 0 radical (unpaired) electrons. The van der Waals surface area contributed by atoms with Crippen molar-refractivity contribution in [1.29, 1.82) is 0 Å². The first-order chi connectivity index (χ1) is 7.77. The number of nitrogens with one attached hydrogen (secondary N) is 1. The number of nitrogens with two attached hydrogens (primary N) is 1. The molecule has 0 aliphatic carbocycles. The molecule has 0 unspecified atom stereocenters. The summed E-state index contributed by atoms with van der Waals surface area (Å²) < 4.78 is 44.2. The Kier molecular flexibility index (Phi) is 6.15. The number of carboxylic acid groups (broad SMARTS) is 1. The van der Waals surface area contributed by atoms with Gasteiger partial charge in [0.05, 0.1) is 0 Å². The van der Waals surface area contributed by atoms with E-state index in [4.69, 9.17) is 15.7 Å². The SMILES string of the molecule is NNCc1cccc(F)c1.O=C(O)C(F)(F)F. The smallest absolute Gasteiger partial charge is 0.475 e. The van der Waals surface area contributed by atoms with Crippen LogP contribution in [0, 0.1) is 5.82 Å². The number of benzene rings is 1. The molecule has 0 aromatic heterocycles. The van der Waals surface area contributed by atoms with Crippen molar-refractivity contribution < 1.29 is 27.5 Å². The number of hydrogen-bond acceptors (Lipinski definition) is 3. The molecule has 1 aromatic carbocycles. The molecule has 4 nitrogen and oxygen atoms in total. The highest BCUT2D eigenvalue weighted by molar-refractivity contribution is 5.73. The Morgan fingerprint density at radius 2 is 1.94 bits per heavy atom. The monoisotopic (exact) mass is 254 g/mol. The van der Waals surface area contributed by atoms with E-state index in [1.54, 1.807) is 6.07 Å². The van der Waals surface area contributed by atoms with Crippen molar-refractivity contribution in [3.05, 3.63) is 35.6 Å². The van der Waals surface area contributed by atoms with Gasteiger partial charge in [0.15, 0.2) is 0 Å². The van der Waals surface area contributed by atoms with Crippen LogP contribution in [0.3, 0.4) is 0 Å². The van der Waals surface area contributed by atoms with Crippen molar-refractivity contribution in [3.8, 4) is 0 Å². The van der Waals surface area contributed by atoms with E-state index in [2.05, 4.69) is 5.43 Å². The van der Waals surface area contributed by atoms with Crippen LogP contribution in [-0.4, -0.2) is 17.3 Å². The first-order valence-corrected chi connectivity index (χ1v) is 4.25. The normalized spacial score (nSPS) is 10.4. The van der Waals surface area contributed by atoms with Crippen LogP contribution in [0.2, 0.25) is 0 Å². The van der Waals surface area contributed by atoms with Gasteiger partial charge in [-0.1, -0.05) is 12.1 Å². The third kappa shape index (κ3) is 7.25. The minimum absolute atomic E-state index is 0.229. The first-order valence-electron chi connectivity index (χ1n) is 4.25. The van der Waals surface area contributed by atoms with E-state index in [1.807, 2.05) is 6.07 Å². The maximum absolute atomic E-state index is 12.4. The molecule has 4 N–H and O–H groups in total. The molecule has 0 saturated carbocycles. The molecule has 0 fully saturated rings. The van der Waals surface area contributed by atoms with Crippen molar-refractivity contribution in [1.82, 2.24) is 5.43 Å². The summed E-state index contributed by atoms with van der Waals surface area (Å²) in [7, 11) is 0. The molecule has 0 aliphatic heterocycles. The predicted molar refractivity (Wildman–Crippen MR) is 51.1 cm³/mol. The molecule has 96 valence electrons. The third-order valence-electron chi connectivity index (χ3n) is 1.44. The Labute approximate surface area is 94.0 Å². The fourth-order valence-electron chi connectivity index (χ4n) is 0.765. The fraction of sp³-hybridized carbons (Fsp3) is 0.222. The molecule has 0 heterocycles. The second kappa shape index (κ2) is 6.81. The van der Waals surface area contributed by atoms with Crippen LogP contribution in [0.4, 0.5) is 17.6 Å². The first kappa shape index (κ1) is 15.3. The van der Waals surface area contributed by atoms with Crippen molar-refractivity contribution in [2.45, 2.75) is 12.7 Å². The summed E-state index contributed by atoms with van der Waals surface area (Å²) in [6, 6.07) is 6.31. The highest BCUT2D eigenvalue weighted by atomic mass is 19.4. The average Bonchev–Trinajstić information content (AvgIpc) is 2.17. The molecule has 0 bridgehead atoms. The summed E-state index contributed by atoms with van der Waals surface area (Å²) in [5.74, 6) is 2.05. The lowest BCUT2D eigenvalue weighted by Crippen LogP contribution is -2.21. The van der Waals surface area contributed by atoms with Gasteiger partial charge < -0.3 is 5.11 Å². The summed E-state index contributed by atoms with van der Waals surface area (Å²) in [6.07, 6.45) is -5.08. The van der Waals surface area contributed by atoms with Crippen LogP contribution in [0.1, 0.15) is 5.56 Å². The molecule has 0 aliphatic rings. The zero-order chi connectivity index (χ0) is 13.5. The highest BCUT2D eigenvalue weighted by Gasteiger charge is 2.38. The standard InChI is InChI=1S/C7H9FN2.C2HF3O2/c8-7-3-1-2-6(4-7)5-10-9;3-2(4,5)1(6)7/h1-4,10H,5,9H2;(H,6,7). The quantitative estimate of drug-likeness (QED) is 0.424. The summed E-state index contributed by atoms with van der Waals surface area (Å²) in [4.78, 5) is 8.90. The lowest BCUT2D eigenvalue weighted by molar-refractivity contribution is -0.192. The Morgan fingerprint density at radius 3 is 2.29 bits per heavy atom. The van der Waals surface area contributed by atoms with Gasteiger partial charge in [0.1, 0.15) is 5.82 Å². The molecule has 17 heavy (non-hydrogen) atoms. The number of halogens is 4. The van der Waals surface area contributed by atoms with Crippen LogP contribution in [0.5, 0.6) is 0 Å². The van der Waals surface area contributed by atoms with Crippen LogP contribution in [0.25, 0.3) is 0 Å². The van der Waals surface area contributed by atoms with Crippen molar-refractivity contribution in [2.75, 3.05) is 0 Å². The van der Waals surface area contributed by atoms with Gasteiger partial charge >= 0.3 is 12.1 Å². The summed E-state index contributed by atoms with van der Waals surface area (Å²) in [6.45, 7) is 0.498. The van der Waals surface area contributed by atoms with E-state index in [9.17, 15) is 17.6 Å². The average molecular weight is 254 g/mol. The van der Waals surface area contributed by atoms with Gasteiger partial charge in [0.25, 0.3) is 0 Å². The van der Waals surface area contributed by atoms with Crippen LogP contribution in [0.15, 0.2) is 24.3 Å². The van der Waals surface area contributed by atoms with E-state index in [0.717, 1.165) is 5.56 Å². The maximum atomic E-state index is 12.4. The van der Waals surface area contributed by atoms with E-state index in [-0.39, 0.29) is 5.82 Å². The molecular formula is C9H10F4N2O2. The number of rotatable bonds is 2. The van der Waals surface area contributed by atoms with Crippen LogP contribution < -0.4 is 11.3 Å². The minimum Gasteiger partial charge on any atom is -0.475 e. The summed E-state index contributed by atoms with van der Waals surface area (Å²) >= 11 is 0. The number of alkyl halides is 3. The van der Waals surface area contributed by atoms with Crippen LogP contribution >= 0.6 is 0 Å². The third-order valence-corrected chi connectivity index (χ3v) is 1.44. The lowest BCUT2D eigenvalue weighted by Gasteiger charge is -1.97. The number of carboxylic acids is 1. The molecule has 1 aromatic rings. The second-order valence-electron chi connectivity index (χ2n) is 2.81. The zero-order valence-corrected chi connectivity index (χ0v) is 8.46. The molecule has 0 saturated heterocycles.